The molecule has 2 N–H and O–H groups in total. The third kappa shape index (κ3) is 3.07. The maximum atomic E-state index is 12.9. The fraction of sp³-hybridized carbons (Fsp3) is 0.0952. The van der Waals surface area contributed by atoms with Crippen LogP contribution in [0.15, 0.2) is 73.1 Å². The number of aromatic amines is 1. The first-order chi connectivity index (χ1) is 12.7. The van der Waals surface area contributed by atoms with Gasteiger partial charge in [-0.1, -0.05) is 30.3 Å². The van der Waals surface area contributed by atoms with E-state index in [1.807, 2.05) is 67.6 Å². The summed E-state index contributed by atoms with van der Waals surface area (Å²) in [5.41, 5.74) is 4.09. The van der Waals surface area contributed by atoms with Crippen molar-refractivity contribution in [3.05, 3.63) is 95.7 Å². The van der Waals surface area contributed by atoms with E-state index in [4.69, 9.17) is 0 Å². The minimum Gasteiger partial charge on any atom is -0.350 e. The average molecular weight is 342 g/mol. The molecule has 0 saturated heterocycles. The number of carbonyl (C=O) groups is 1. The summed E-state index contributed by atoms with van der Waals surface area (Å²) in [6.45, 7) is 2.02. The molecule has 1 amide bonds. The second-order valence-corrected chi connectivity index (χ2v) is 6.14. The van der Waals surface area contributed by atoms with E-state index in [0.717, 1.165) is 27.9 Å². The first-order valence-corrected chi connectivity index (χ1v) is 8.43. The molecule has 3 heterocycles. The summed E-state index contributed by atoms with van der Waals surface area (Å²) in [6, 6.07) is 18.7. The van der Waals surface area contributed by atoms with E-state index in [2.05, 4.69) is 20.3 Å². The van der Waals surface area contributed by atoms with E-state index < -0.39 is 6.04 Å². The Balaban J connectivity index is 1.68. The molecular formula is C21H18N4O. The quantitative estimate of drug-likeness (QED) is 0.593. The van der Waals surface area contributed by atoms with Gasteiger partial charge in [-0.15, -0.1) is 0 Å². The van der Waals surface area contributed by atoms with E-state index in [1.165, 1.54) is 0 Å². The number of aromatic nitrogens is 3. The highest BCUT2D eigenvalue weighted by atomic mass is 16.1. The molecule has 5 nitrogen and oxygen atoms in total. The third-order valence-corrected chi connectivity index (χ3v) is 4.35. The van der Waals surface area contributed by atoms with Crippen molar-refractivity contribution in [2.75, 3.05) is 0 Å². The van der Waals surface area contributed by atoms with Gasteiger partial charge >= 0.3 is 0 Å². The van der Waals surface area contributed by atoms with Crippen molar-refractivity contribution >= 4 is 16.8 Å². The number of hydrogen-bond acceptors (Lipinski definition) is 3. The Kier molecular flexibility index (Phi) is 4.19. The van der Waals surface area contributed by atoms with Crippen LogP contribution < -0.4 is 5.32 Å². The monoisotopic (exact) mass is 342 g/mol. The van der Waals surface area contributed by atoms with Gasteiger partial charge in [0.2, 0.25) is 0 Å². The zero-order valence-electron chi connectivity index (χ0n) is 14.3. The van der Waals surface area contributed by atoms with Gasteiger partial charge in [0.05, 0.1) is 11.4 Å². The second-order valence-electron chi connectivity index (χ2n) is 6.14. The number of nitrogens with one attached hydrogen (secondary N) is 2. The van der Waals surface area contributed by atoms with Crippen LogP contribution in [0, 0.1) is 6.92 Å². The molecule has 0 radical (unpaired) electrons. The molecular weight excluding hydrogens is 324 g/mol. The lowest BCUT2D eigenvalue weighted by Crippen LogP contribution is -2.30. The third-order valence-electron chi connectivity index (χ3n) is 4.35. The number of amides is 1. The molecule has 0 aliphatic rings. The van der Waals surface area contributed by atoms with E-state index >= 15 is 0 Å². The van der Waals surface area contributed by atoms with Crippen molar-refractivity contribution in [3.63, 3.8) is 0 Å². The van der Waals surface area contributed by atoms with Gasteiger partial charge in [0, 0.05) is 23.3 Å². The maximum Gasteiger partial charge on any atom is 0.268 e. The van der Waals surface area contributed by atoms with Crippen molar-refractivity contribution in [2.24, 2.45) is 0 Å². The molecule has 3 aromatic heterocycles. The van der Waals surface area contributed by atoms with Gasteiger partial charge in [0.25, 0.3) is 5.91 Å². The zero-order valence-corrected chi connectivity index (χ0v) is 14.3. The van der Waals surface area contributed by atoms with Crippen LogP contribution in [0.25, 0.3) is 10.9 Å². The van der Waals surface area contributed by atoms with Crippen molar-refractivity contribution < 1.29 is 4.79 Å². The second kappa shape index (κ2) is 6.80. The first-order valence-electron chi connectivity index (χ1n) is 8.43. The summed E-state index contributed by atoms with van der Waals surface area (Å²) in [7, 11) is 0. The Bertz CT molecular complexity index is 1000. The average Bonchev–Trinajstić information content (AvgIpc) is 3.13. The normalized spacial score (nSPS) is 11.0. The number of aryl methyl sites for hydroxylation is 1. The predicted octanol–water partition coefficient (Wildman–Crippen LogP) is 3.79. The van der Waals surface area contributed by atoms with Crippen molar-refractivity contribution in [1.82, 2.24) is 20.3 Å². The van der Waals surface area contributed by atoms with Crippen LogP contribution in [-0.2, 0) is 0 Å². The zero-order chi connectivity index (χ0) is 17.9. The first kappa shape index (κ1) is 16.0. The van der Waals surface area contributed by atoms with E-state index in [9.17, 15) is 4.79 Å². The molecule has 128 valence electrons. The van der Waals surface area contributed by atoms with Gasteiger partial charge < -0.3 is 10.3 Å². The SMILES string of the molecule is Cc1cccc2cc(C(=O)NC(c3ccccn3)c3ccccn3)[nH]c12. The fourth-order valence-corrected chi connectivity index (χ4v) is 3.03. The lowest BCUT2D eigenvalue weighted by molar-refractivity contribution is 0.0937. The maximum absolute atomic E-state index is 12.9. The highest BCUT2D eigenvalue weighted by molar-refractivity contribution is 5.99. The van der Waals surface area contributed by atoms with Gasteiger partial charge in [0.1, 0.15) is 11.7 Å². The summed E-state index contributed by atoms with van der Waals surface area (Å²) in [6.07, 6.45) is 3.42. The van der Waals surface area contributed by atoms with Crippen LogP contribution >= 0.6 is 0 Å². The van der Waals surface area contributed by atoms with Gasteiger partial charge in [-0.3, -0.25) is 14.8 Å². The highest BCUT2D eigenvalue weighted by Gasteiger charge is 2.21. The van der Waals surface area contributed by atoms with Crippen LogP contribution in [0.5, 0.6) is 0 Å². The molecule has 0 fully saturated rings. The molecule has 0 aliphatic heterocycles. The van der Waals surface area contributed by atoms with E-state index in [1.54, 1.807) is 12.4 Å². The number of H-pyrrole nitrogens is 1. The predicted molar refractivity (Wildman–Crippen MR) is 101 cm³/mol. The van der Waals surface area contributed by atoms with Crippen LogP contribution in [0.3, 0.4) is 0 Å². The lowest BCUT2D eigenvalue weighted by Gasteiger charge is -2.17. The van der Waals surface area contributed by atoms with Crippen LogP contribution in [-0.4, -0.2) is 20.9 Å². The van der Waals surface area contributed by atoms with Crippen molar-refractivity contribution in [3.8, 4) is 0 Å². The van der Waals surface area contributed by atoms with Crippen molar-refractivity contribution in [1.29, 1.82) is 0 Å². The summed E-state index contributed by atoms with van der Waals surface area (Å²) in [5.74, 6) is -0.193. The number of nitrogens with zero attached hydrogens (tertiary/aromatic N) is 2. The minimum atomic E-state index is -0.419. The molecule has 0 spiro atoms. The number of benzene rings is 1. The number of para-hydroxylation sites is 1. The molecule has 0 bridgehead atoms. The minimum absolute atomic E-state index is 0.193. The van der Waals surface area contributed by atoms with Gasteiger partial charge in [0.15, 0.2) is 0 Å². The van der Waals surface area contributed by atoms with Crippen LogP contribution in [0.2, 0.25) is 0 Å². The summed E-state index contributed by atoms with van der Waals surface area (Å²) in [5, 5.41) is 4.07. The molecule has 0 saturated carbocycles. The number of hydrogen-bond donors (Lipinski definition) is 2. The molecule has 5 heteroatoms. The van der Waals surface area contributed by atoms with Gasteiger partial charge in [-0.05, 0) is 42.8 Å². The lowest BCUT2D eigenvalue weighted by atomic mass is 10.1. The summed E-state index contributed by atoms with van der Waals surface area (Å²) in [4.78, 5) is 24.9. The van der Waals surface area contributed by atoms with Crippen LogP contribution in [0.4, 0.5) is 0 Å². The summed E-state index contributed by atoms with van der Waals surface area (Å²) < 4.78 is 0. The molecule has 26 heavy (non-hydrogen) atoms. The smallest absolute Gasteiger partial charge is 0.268 e. The van der Waals surface area contributed by atoms with E-state index in [-0.39, 0.29) is 5.91 Å². The Morgan fingerprint density at radius 2 is 1.65 bits per heavy atom. The Morgan fingerprint density at radius 3 is 2.23 bits per heavy atom. The molecule has 0 unspecified atom stereocenters. The molecule has 0 atom stereocenters. The van der Waals surface area contributed by atoms with Crippen LogP contribution in [0.1, 0.15) is 33.5 Å². The fourth-order valence-electron chi connectivity index (χ4n) is 3.03. The number of fused-ring (bicyclic) bond motifs is 1. The molecule has 0 aliphatic carbocycles. The van der Waals surface area contributed by atoms with Gasteiger partial charge in [-0.25, -0.2) is 0 Å². The Labute approximate surface area is 151 Å². The Hall–Kier alpha value is -3.47. The van der Waals surface area contributed by atoms with Gasteiger partial charge in [-0.2, -0.15) is 0 Å². The topological polar surface area (TPSA) is 70.7 Å². The molecule has 4 aromatic rings. The highest BCUT2D eigenvalue weighted by Crippen LogP contribution is 2.21. The largest absolute Gasteiger partial charge is 0.350 e. The standard InChI is InChI=1S/C21H18N4O/c1-14-7-6-8-15-13-18(24-19(14)15)21(26)25-20(16-9-2-4-11-22-16)17-10-3-5-12-23-17/h2-13,20,24H,1H3,(H,25,26). The number of carbonyl (C=O) groups excluding carboxylic acids is 1. The van der Waals surface area contributed by atoms with Crippen molar-refractivity contribution in [2.45, 2.75) is 13.0 Å². The number of pyridine rings is 2. The molecule has 4 rings (SSSR count). The number of rotatable bonds is 4. The Morgan fingerprint density at radius 1 is 0.962 bits per heavy atom. The van der Waals surface area contributed by atoms with E-state index in [0.29, 0.717) is 5.69 Å². The molecule has 1 aromatic carbocycles. The summed E-state index contributed by atoms with van der Waals surface area (Å²) >= 11 is 0.